The van der Waals surface area contributed by atoms with Gasteiger partial charge in [-0.15, -0.1) is 0 Å². The van der Waals surface area contributed by atoms with Gasteiger partial charge in [-0.2, -0.15) is 0 Å². The fraction of sp³-hybridized carbons (Fsp3) is 1.00. The summed E-state index contributed by atoms with van der Waals surface area (Å²) in [6.07, 6.45) is 6.14. The largest absolute Gasteiger partial charge is 0.384 e. The number of nitrogens with one attached hydrogen (secondary N) is 1. The average Bonchev–Trinajstić information content (AvgIpc) is 2.59. The van der Waals surface area contributed by atoms with Crippen LogP contribution in [0, 0.1) is 0 Å². The summed E-state index contributed by atoms with van der Waals surface area (Å²) in [7, 11) is -1.48. The van der Waals surface area contributed by atoms with Gasteiger partial charge in [-0.25, -0.2) is 8.42 Å². The maximum absolute atomic E-state index is 12.4. The van der Waals surface area contributed by atoms with Crippen molar-refractivity contribution in [2.45, 2.75) is 56.7 Å². The Morgan fingerprint density at radius 2 is 1.94 bits per heavy atom. The first kappa shape index (κ1) is 15.9. The molecule has 1 aliphatic rings. The van der Waals surface area contributed by atoms with Crippen molar-refractivity contribution in [3.63, 3.8) is 0 Å². The topological polar surface area (TPSA) is 55.4 Å². The number of ether oxygens (including phenoxy) is 1. The van der Waals surface area contributed by atoms with E-state index in [2.05, 4.69) is 12.2 Å². The van der Waals surface area contributed by atoms with Crippen molar-refractivity contribution in [2.75, 3.05) is 26.0 Å². The van der Waals surface area contributed by atoms with E-state index in [0.717, 1.165) is 45.1 Å². The van der Waals surface area contributed by atoms with Crippen LogP contribution in [0.3, 0.4) is 0 Å². The van der Waals surface area contributed by atoms with Crippen LogP contribution in [0.25, 0.3) is 0 Å². The zero-order valence-corrected chi connectivity index (χ0v) is 12.5. The van der Waals surface area contributed by atoms with Crippen molar-refractivity contribution in [3.05, 3.63) is 0 Å². The summed E-state index contributed by atoms with van der Waals surface area (Å²) in [6.45, 7) is 3.32. The molecule has 2 unspecified atom stereocenters. The number of sulfone groups is 1. The van der Waals surface area contributed by atoms with E-state index in [1.54, 1.807) is 7.11 Å². The summed E-state index contributed by atoms with van der Waals surface area (Å²) < 4.78 is 29.6. The molecule has 0 bridgehead atoms. The zero-order valence-electron chi connectivity index (χ0n) is 11.7. The van der Waals surface area contributed by atoms with E-state index in [1.165, 1.54) is 0 Å². The van der Waals surface area contributed by atoms with Crippen LogP contribution in [0.15, 0.2) is 0 Å². The van der Waals surface area contributed by atoms with Gasteiger partial charge in [-0.1, -0.05) is 26.2 Å². The van der Waals surface area contributed by atoms with Gasteiger partial charge >= 0.3 is 0 Å². The van der Waals surface area contributed by atoms with E-state index >= 15 is 0 Å². The van der Waals surface area contributed by atoms with Crippen molar-refractivity contribution in [1.29, 1.82) is 0 Å². The maximum Gasteiger partial charge on any atom is 0.156 e. The van der Waals surface area contributed by atoms with Crippen LogP contribution in [0.1, 0.15) is 45.4 Å². The van der Waals surface area contributed by atoms with E-state index in [1.807, 2.05) is 0 Å². The molecule has 0 aromatic heterocycles. The molecule has 1 fully saturated rings. The predicted octanol–water partition coefficient (Wildman–Crippen LogP) is 1.75. The van der Waals surface area contributed by atoms with E-state index in [4.69, 9.17) is 4.74 Å². The normalized spacial score (nSPS) is 25.9. The van der Waals surface area contributed by atoms with E-state index in [0.29, 0.717) is 6.61 Å². The minimum Gasteiger partial charge on any atom is -0.384 e. The molecule has 0 aromatic carbocycles. The molecule has 1 saturated carbocycles. The molecule has 4 nitrogen and oxygen atoms in total. The van der Waals surface area contributed by atoms with Crippen molar-refractivity contribution < 1.29 is 13.2 Å². The highest BCUT2D eigenvalue weighted by Gasteiger charge is 2.33. The molecule has 0 saturated heterocycles. The fourth-order valence-electron chi connectivity index (χ4n) is 2.62. The molecule has 1 aliphatic carbocycles. The summed E-state index contributed by atoms with van der Waals surface area (Å²) in [6, 6.07) is 0.134. The van der Waals surface area contributed by atoms with Crippen molar-refractivity contribution in [2.24, 2.45) is 0 Å². The average molecular weight is 277 g/mol. The van der Waals surface area contributed by atoms with Gasteiger partial charge in [0, 0.05) is 13.2 Å². The summed E-state index contributed by atoms with van der Waals surface area (Å²) in [5.41, 5.74) is 0. The van der Waals surface area contributed by atoms with Gasteiger partial charge in [0.05, 0.1) is 17.6 Å². The number of methoxy groups -OCH3 is 1. The van der Waals surface area contributed by atoms with Crippen molar-refractivity contribution >= 4 is 9.84 Å². The van der Waals surface area contributed by atoms with Crippen molar-refractivity contribution in [1.82, 2.24) is 5.32 Å². The second-order valence-electron chi connectivity index (χ2n) is 5.10. The predicted molar refractivity (Wildman–Crippen MR) is 74.6 cm³/mol. The monoisotopic (exact) mass is 277 g/mol. The highest BCUT2D eigenvalue weighted by atomic mass is 32.2. The highest BCUT2D eigenvalue weighted by Crippen LogP contribution is 2.24. The molecule has 108 valence electrons. The Morgan fingerprint density at radius 1 is 1.22 bits per heavy atom. The molecule has 0 amide bonds. The molecule has 0 aromatic rings. The molecule has 18 heavy (non-hydrogen) atoms. The molecule has 0 spiro atoms. The van der Waals surface area contributed by atoms with Gasteiger partial charge in [0.2, 0.25) is 0 Å². The second kappa shape index (κ2) is 8.12. The first-order valence-electron chi connectivity index (χ1n) is 7.05. The Kier molecular flexibility index (Phi) is 7.19. The zero-order chi connectivity index (χ0) is 13.4. The summed E-state index contributed by atoms with van der Waals surface area (Å²) >= 11 is 0. The SMILES string of the molecule is CCCNC1CCCCCC1S(=O)(=O)CCOC. The van der Waals surface area contributed by atoms with Crippen LogP contribution >= 0.6 is 0 Å². The number of rotatable bonds is 7. The standard InChI is InChI=1S/C13H27NO3S/c1-3-9-14-12-7-5-4-6-8-13(12)18(15,16)11-10-17-2/h12-14H,3-11H2,1-2H3. The van der Waals surface area contributed by atoms with E-state index < -0.39 is 9.84 Å². The highest BCUT2D eigenvalue weighted by molar-refractivity contribution is 7.92. The summed E-state index contributed by atoms with van der Waals surface area (Å²) in [5, 5.41) is 3.20. The molecule has 5 heteroatoms. The second-order valence-corrected chi connectivity index (χ2v) is 7.44. The van der Waals surface area contributed by atoms with Crippen LogP contribution in [-0.4, -0.2) is 45.7 Å². The van der Waals surface area contributed by atoms with Gasteiger partial charge in [0.15, 0.2) is 9.84 Å². The van der Waals surface area contributed by atoms with Gasteiger partial charge < -0.3 is 10.1 Å². The molecule has 2 atom stereocenters. The van der Waals surface area contributed by atoms with Gasteiger partial charge in [-0.05, 0) is 25.8 Å². The first-order valence-corrected chi connectivity index (χ1v) is 8.77. The lowest BCUT2D eigenvalue weighted by atomic mass is 10.1. The van der Waals surface area contributed by atoms with Crippen LogP contribution in [0.2, 0.25) is 0 Å². The summed E-state index contributed by atoms with van der Waals surface area (Å²) in [4.78, 5) is 0. The Hall–Kier alpha value is -0.130. The van der Waals surface area contributed by atoms with Crippen LogP contribution < -0.4 is 5.32 Å². The van der Waals surface area contributed by atoms with Gasteiger partial charge in [-0.3, -0.25) is 0 Å². The van der Waals surface area contributed by atoms with Crippen LogP contribution in [-0.2, 0) is 14.6 Å². The third kappa shape index (κ3) is 4.86. The lowest BCUT2D eigenvalue weighted by molar-refractivity contribution is 0.216. The molecular weight excluding hydrogens is 250 g/mol. The maximum atomic E-state index is 12.4. The lowest BCUT2D eigenvalue weighted by Gasteiger charge is -2.26. The fourth-order valence-corrected chi connectivity index (χ4v) is 4.58. The van der Waals surface area contributed by atoms with E-state index in [9.17, 15) is 8.42 Å². The quantitative estimate of drug-likeness (QED) is 0.720. The molecular formula is C13H27NO3S. The van der Waals surface area contributed by atoms with Gasteiger partial charge in [0.25, 0.3) is 0 Å². The molecule has 0 radical (unpaired) electrons. The Bertz CT molecular complexity index is 316. The lowest BCUT2D eigenvalue weighted by Crippen LogP contribution is -2.45. The Balaban J connectivity index is 2.71. The van der Waals surface area contributed by atoms with Gasteiger partial charge in [0.1, 0.15) is 0 Å². The molecule has 0 aliphatic heterocycles. The molecule has 1 N–H and O–H groups in total. The Labute approximate surface area is 111 Å². The number of hydrogen-bond acceptors (Lipinski definition) is 4. The number of hydrogen-bond donors (Lipinski definition) is 1. The third-order valence-corrected chi connectivity index (χ3v) is 5.86. The Morgan fingerprint density at radius 3 is 2.61 bits per heavy atom. The van der Waals surface area contributed by atoms with Crippen molar-refractivity contribution in [3.8, 4) is 0 Å². The first-order chi connectivity index (χ1) is 8.61. The van der Waals surface area contributed by atoms with Crippen LogP contribution in [0.5, 0.6) is 0 Å². The molecule has 1 rings (SSSR count). The molecule has 0 heterocycles. The van der Waals surface area contributed by atoms with E-state index in [-0.39, 0.29) is 17.0 Å². The van der Waals surface area contributed by atoms with Crippen LogP contribution in [0.4, 0.5) is 0 Å². The minimum atomic E-state index is -3.04. The summed E-state index contributed by atoms with van der Waals surface area (Å²) in [5.74, 6) is 0.151. The third-order valence-electron chi connectivity index (χ3n) is 3.64. The smallest absolute Gasteiger partial charge is 0.156 e. The minimum absolute atomic E-state index is 0.134.